The van der Waals surface area contributed by atoms with Crippen molar-refractivity contribution in [3.63, 3.8) is 0 Å². The molecule has 0 aromatic heterocycles. The standard InChI is InChI=1S/C10H19N3O3/c11-7-1-3-8(4-2-7)13-9(14)5-12-6-10(15)16/h7-8,12H,1-6,11H2,(H,13,14)(H,15,16). The molecule has 16 heavy (non-hydrogen) atoms. The molecule has 0 atom stereocenters. The van der Waals surface area contributed by atoms with Crippen LogP contribution in [0, 0.1) is 0 Å². The predicted molar refractivity (Wildman–Crippen MR) is 58.9 cm³/mol. The van der Waals surface area contributed by atoms with Gasteiger partial charge in [-0.15, -0.1) is 0 Å². The summed E-state index contributed by atoms with van der Waals surface area (Å²) in [6.07, 6.45) is 3.69. The van der Waals surface area contributed by atoms with Crippen LogP contribution < -0.4 is 16.4 Å². The first-order valence-corrected chi connectivity index (χ1v) is 5.55. The van der Waals surface area contributed by atoms with Crippen LogP contribution in [0.25, 0.3) is 0 Å². The Balaban J connectivity index is 2.11. The van der Waals surface area contributed by atoms with E-state index >= 15 is 0 Å². The largest absolute Gasteiger partial charge is 0.480 e. The Bertz CT molecular complexity index is 250. The summed E-state index contributed by atoms with van der Waals surface area (Å²) in [7, 11) is 0. The fourth-order valence-electron chi connectivity index (χ4n) is 1.83. The maximum atomic E-state index is 11.4. The molecule has 0 unspecified atom stereocenters. The maximum Gasteiger partial charge on any atom is 0.317 e. The summed E-state index contributed by atoms with van der Waals surface area (Å²) in [5, 5.41) is 13.8. The first-order chi connectivity index (χ1) is 7.58. The van der Waals surface area contributed by atoms with Gasteiger partial charge in [0.2, 0.25) is 5.91 Å². The Morgan fingerprint density at radius 1 is 1.19 bits per heavy atom. The third-order valence-corrected chi connectivity index (χ3v) is 2.70. The molecule has 0 radical (unpaired) electrons. The summed E-state index contributed by atoms with van der Waals surface area (Å²) in [4.78, 5) is 21.6. The first kappa shape index (κ1) is 12.9. The molecule has 1 saturated carbocycles. The normalized spacial score (nSPS) is 25.1. The van der Waals surface area contributed by atoms with E-state index < -0.39 is 5.97 Å². The molecule has 1 aliphatic carbocycles. The van der Waals surface area contributed by atoms with E-state index in [1.165, 1.54) is 0 Å². The lowest BCUT2D eigenvalue weighted by atomic mass is 9.92. The minimum atomic E-state index is -0.962. The fourth-order valence-corrected chi connectivity index (χ4v) is 1.83. The quantitative estimate of drug-likeness (QED) is 0.486. The van der Waals surface area contributed by atoms with E-state index in [4.69, 9.17) is 10.8 Å². The van der Waals surface area contributed by atoms with Gasteiger partial charge in [0.25, 0.3) is 0 Å². The van der Waals surface area contributed by atoms with Crippen molar-refractivity contribution in [2.75, 3.05) is 13.1 Å². The summed E-state index contributed by atoms with van der Waals surface area (Å²) < 4.78 is 0. The van der Waals surface area contributed by atoms with Crippen molar-refractivity contribution in [1.29, 1.82) is 0 Å². The molecule has 0 bridgehead atoms. The van der Waals surface area contributed by atoms with Gasteiger partial charge in [-0.1, -0.05) is 0 Å². The summed E-state index contributed by atoms with van der Waals surface area (Å²) >= 11 is 0. The van der Waals surface area contributed by atoms with E-state index in [0.717, 1.165) is 25.7 Å². The fraction of sp³-hybridized carbons (Fsp3) is 0.800. The van der Waals surface area contributed by atoms with Gasteiger partial charge in [-0.05, 0) is 25.7 Å². The third kappa shape index (κ3) is 5.09. The van der Waals surface area contributed by atoms with Gasteiger partial charge >= 0.3 is 5.97 Å². The highest BCUT2D eigenvalue weighted by Gasteiger charge is 2.19. The maximum absolute atomic E-state index is 11.4. The van der Waals surface area contributed by atoms with Crippen molar-refractivity contribution in [2.45, 2.75) is 37.8 Å². The Morgan fingerprint density at radius 3 is 2.38 bits per heavy atom. The van der Waals surface area contributed by atoms with Crippen LogP contribution in [0.4, 0.5) is 0 Å². The van der Waals surface area contributed by atoms with E-state index in [-0.39, 0.29) is 31.1 Å². The zero-order valence-electron chi connectivity index (χ0n) is 9.24. The summed E-state index contributed by atoms with van der Waals surface area (Å²) in [5.41, 5.74) is 5.75. The van der Waals surface area contributed by atoms with Crippen LogP contribution in [0.15, 0.2) is 0 Å². The molecule has 1 aliphatic rings. The number of nitrogens with two attached hydrogens (primary N) is 1. The van der Waals surface area contributed by atoms with Gasteiger partial charge in [0.05, 0.1) is 13.1 Å². The van der Waals surface area contributed by atoms with Crippen LogP contribution in [0.1, 0.15) is 25.7 Å². The average molecular weight is 229 g/mol. The van der Waals surface area contributed by atoms with Crippen molar-refractivity contribution < 1.29 is 14.7 Å². The Hall–Kier alpha value is -1.14. The van der Waals surface area contributed by atoms with Crippen molar-refractivity contribution >= 4 is 11.9 Å². The second kappa shape index (κ2) is 6.44. The van der Waals surface area contributed by atoms with Crippen LogP contribution >= 0.6 is 0 Å². The Morgan fingerprint density at radius 2 is 1.81 bits per heavy atom. The SMILES string of the molecule is NC1CCC(NC(=O)CNCC(=O)O)CC1. The summed E-state index contributed by atoms with van der Waals surface area (Å²) in [6.45, 7) is -0.141. The highest BCUT2D eigenvalue weighted by atomic mass is 16.4. The van der Waals surface area contributed by atoms with Gasteiger partial charge in [-0.2, -0.15) is 0 Å². The number of carboxylic acids is 1. The molecule has 0 saturated heterocycles. The highest BCUT2D eigenvalue weighted by Crippen LogP contribution is 2.16. The Labute approximate surface area is 94.6 Å². The van der Waals surface area contributed by atoms with Crippen molar-refractivity contribution in [3.05, 3.63) is 0 Å². The minimum absolute atomic E-state index is 0.0504. The number of carbonyl (C=O) groups excluding carboxylic acids is 1. The number of rotatable bonds is 5. The summed E-state index contributed by atoms with van der Waals surface area (Å²) in [6, 6.07) is 0.456. The van der Waals surface area contributed by atoms with Crippen molar-refractivity contribution in [1.82, 2.24) is 10.6 Å². The molecule has 0 heterocycles. The van der Waals surface area contributed by atoms with Crippen LogP contribution in [-0.2, 0) is 9.59 Å². The highest BCUT2D eigenvalue weighted by molar-refractivity contribution is 5.79. The molecule has 0 aromatic carbocycles. The lowest BCUT2D eigenvalue weighted by Crippen LogP contribution is -2.44. The lowest BCUT2D eigenvalue weighted by molar-refractivity contribution is -0.136. The minimum Gasteiger partial charge on any atom is -0.480 e. The molecule has 92 valence electrons. The number of hydrogen-bond acceptors (Lipinski definition) is 4. The number of hydrogen-bond donors (Lipinski definition) is 4. The number of nitrogens with one attached hydrogen (secondary N) is 2. The van der Waals surface area contributed by atoms with E-state index in [2.05, 4.69) is 10.6 Å². The van der Waals surface area contributed by atoms with Crippen molar-refractivity contribution in [2.24, 2.45) is 5.73 Å². The molecule has 1 amide bonds. The van der Waals surface area contributed by atoms with Crippen LogP contribution in [0.3, 0.4) is 0 Å². The number of amides is 1. The van der Waals surface area contributed by atoms with Crippen LogP contribution in [0.2, 0.25) is 0 Å². The molecule has 1 fully saturated rings. The smallest absolute Gasteiger partial charge is 0.317 e. The summed E-state index contributed by atoms with van der Waals surface area (Å²) in [5.74, 6) is -1.11. The third-order valence-electron chi connectivity index (χ3n) is 2.70. The molecule has 0 aliphatic heterocycles. The van der Waals surface area contributed by atoms with Crippen molar-refractivity contribution in [3.8, 4) is 0 Å². The zero-order valence-corrected chi connectivity index (χ0v) is 9.24. The van der Waals surface area contributed by atoms with Crippen LogP contribution in [0.5, 0.6) is 0 Å². The molecule has 0 spiro atoms. The van der Waals surface area contributed by atoms with E-state index in [1.54, 1.807) is 0 Å². The molecule has 6 heteroatoms. The second-order valence-corrected chi connectivity index (χ2v) is 4.18. The van der Waals surface area contributed by atoms with E-state index in [1.807, 2.05) is 0 Å². The average Bonchev–Trinajstić information content (AvgIpc) is 2.21. The van der Waals surface area contributed by atoms with E-state index in [9.17, 15) is 9.59 Å². The molecule has 1 rings (SSSR count). The Kier molecular flexibility index (Phi) is 5.21. The molecule has 0 aromatic rings. The van der Waals surface area contributed by atoms with Crippen LogP contribution in [-0.4, -0.2) is 42.2 Å². The topological polar surface area (TPSA) is 104 Å². The molecule has 5 N–H and O–H groups in total. The molecular weight excluding hydrogens is 210 g/mol. The lowest BCUT2D eigenvalue weighted by Gasteiger charge is -2.26. The van der Waals surface area contributed by atoms with Gasteiger partial charge in [-0.3, -0.25) is 14.9 Å². The van der Waals surface area contributed by atoms with Gasteiger partial charge in [0.1, 0.15) is 0 Å². The van der Waals surface area contributed by atoms with Gasteiger partial charge in [0.15, 0.2) is 0 Å². The van der Waals surface area contributed by atoms with Gasteiger partial charge < -0.3 is 16.2 Å². The monoisotopic (exact) mass is 229 g/mol. The van der Waals surface area contributed by atoms with Gasteiger partial charge in [-0.25, -0.2) is 0 Å². The second-order valence-electron chi connectivity index (χ2n) is 4.18. The van der Waals surface area contributed by atoms with E-state index in [0.29, 0.717) is 0 Å². The zero-order chi connectivity index (χ0) is 12.0. The molecular formula is C10H19N3O3. The van der Waals surface area contributed by atoms with Gasteiger partial charge in [0, 0.05) is 12.1 Å². The molecule has 6 nitrogen and oxygen atoms in total. The first-order valence-electron chi connectivity index (χ1n) is 5.55. The number of carbonyl (C=O) groups is 2. The number of aliphatic carboxylic acids is 1. The predicted octanol–water partition coefficient (Wildman–Crippen LogP) is -0.953. The number of carboxylic acid groups (broad SMARTS) is 1.